The van der Waals surface area contributed by atoms with E-state index in [1.54, 1.807) is 12.1 Å². The highest BCUT2D eigenvalue weighted by Gasteiger charge is 2.26. The Morgan fingerprint density at radius 3 is 2.61 bits per heavy atom. The number of hydrogen-bond donors (Lipinski definition) is 0. The first-order valence-electron chi connectivity index (χ1n) is 9.74. The Balaban J connectivity index is 1.49. The summed E-state index contributed by atoms with van der Waals surface area (Å²) in [5.41, 5.74) is 3.22. The predicted molar refractivity (Wildman–Crippen MR) is 108 cm³/mol. The van der Waals surface area contributed by atoms with Crippen molar-refractivity contribution in [1.29, 1.82) is 0 Å². The van der Waals surface area contributed by atoms with Crippen LogP contribution in [0.1, 0.15) is 46.1 Å². The Hall–Kier alpha value is -3.01. The van der Waals surface area contributed by atoms with E-state index in [4.69, 9.17) is 4.98 Å². The number of piperidine rings is 1. The predicted octanol–water partition coefficient (Wildman–Crippen LogP) is 4.83. The van der Waals surface area contributed by atoms with Crippen LogP contribution in [0, 0.1) is 5.82 Å². The molecule has 1 unspecified atom stereocenters. The number of amides is 1. The highest BCUT2D eigenvalue weighted by molar-refractivity contribution is 5.94. The third kappa shape index (κ3) is 4.11. The molecule has 0 saturated carbocycles. The number of likely N-dealkylation sites (tertiary alicyclic amines) is 1. The van der Waals surface area contributed by atoms with Crippen molar-refractivity contribution in [3.05, 3.63) is 101 Å². The Bertz CT molecular complexity index is 958. The number of aromatic nitrogens is 1. The fourth-order valence-electron chi connectivity index (χ4n) is 3.83. The number of carbonyl (C=O) groups is 1. The SMILES string of the molecule is O=C(c1ccccc1)N1CCCC(c2cccc(Cc3ccccc3F)n2)C1. The molecule has 142 valence electrons. The second-order valence-corrected chi connectivity index (χ2v) is 7.28. The Labute approximate surface area is 164 Å². The van der Waals surface area contributed by atoms with E-state index < -0.39 is 0 Å². The van der Waals surface area contributed by atoms with E-state index in [9.17, 15) is 9.18 Å². The van der Waals surface area contributed by atoms with Crippen LogP contribution in [0.15, 0.2) is 72.8 Å². The maximum atomic E-state index is 14.0. The first-order valence-corrected chi connectivity index (χ1v) is 9.74. The molecule has 1 atom stereocenters. The molecule has 0 aliphatic carbocycles. The molecule has 4 rings (SSSR count). The van der Waals surface area contributed by atoms with Gasteiger partial charge in [-0.2, -0.15) is 0 Å². The van der Waals surface area contributed by atoms with Crippen LogP contribution >= 0.6 is 0 Å². The van der Waals surface area contributed by atoms with Gasteiger partial charge in [0.25, 0.3) is 5.91 Å². The number of benzene rings is 2. The molecule has 1 saturated heterocycles. The molecule has 4 heteroatoms. The van der Waals surface area contributed by atoms with Gasteiger partial charge in [0.05, 0.1) is 0 Å². The molecular formula is C24H23FN2O. The van der Waals surface area contributed by atoms with Crippen LogP contribution in [0.25, 0.3) is 0 Å². The van der Waals surface area contributed by atoms with Crippen LogP contribution in [0.2, 0.25) is 0 Å². The molecule has 0 bridgehead atoms. The van der Waals surface area contributed by atoms with Crippen molar-refractivity contribution in [2.24, 2.45) is 0 Å². The zero-order valence-electron chi connectivity index (χ0n) is 15.7. The third-order valence-corrected chi connectivity index (χ3v) is 5.31. The van der Waals surface area contributed by atoms with E-state index >= 15 is 0 Å². The van der Waals surface area contributed by atoms with E-state index in [1.165, 1.54) is 6.07 Å². The third-order valence-electron chi connectivity index (χ3n) is 5.31. The average Bonchev–Trinajstić information content (AvgIpc) is 2.76. The Morgan fingerprint density at radius 1 is 1.00 bits per heavy atom. The zero-order chi connectivity index (χ0) is 19.3. The lowest BCUT2D eigenvalue weighted by molar-refractivity contribution is 0.0706. The minimum atomic E-state index is -0.202. The number of halogens is 1. The molecule has 1 aromatic heterocycles. The van der Waals surface area contributed by atoms with E-state index in [1.807, 2.05) is 59.5 Å². The van der Waals surface area contributed by atoms with Crippen LogP contribution in [0.3, 0.4) is 0 Å². The quantitative estimate of drug-likeness (QED) is 0.655. The van der Waals surface area contributed by atoms with Gasteiger partial charge >= 0.3 is 0 Å². The van der Waals surface area contributed by atoms with Crippen molar-refractivity contribution in [1.82, 2.24) is 9.88 Å². The number of carbonyl (C=O) groups excluding carboxylic acids is 1. The molecule has 28 heavy (non-hydrogen) atoms. The minimum absolute atomic E-state index is 0.0767. The van der Waals surface area contributed by atoms with Crippen molar-refractivity contribution < 1.29 is 9.18 Å². The minimum Gasteiger partial charge on any atom is -0.338 e. The average molecular weight is 374 g/mol. The van der Waals surface area contributed by atoms with Gasteiger partial charge in [0.1, 0.15) is 5.82 Å². The first kappa shape index (κ1) is 18.4. The summed E-state index contributed by atoms with van der Waals surface area (Å²) in [7, 11) is 0. The zero-order valence-corrected chi connectivity index (χ0v) is 15.7. The lowest BCUT2D eigenvalue weighted by atomic mass is 9.93. The van der Waals surface area contributed by atoms with E-state index in [0.29, 0.717) is 18.5 Å². The molecular weight excluding hydrogens is 351 g/mol. The molecule has 1 amide bonds. The van der Waals surface area contributed by atoms with Crippen molar-refractivity contribution in [2.75, 3.05) is 13.1 Å². The summed E-state index contributed by atoms with van der Waals surface area (Å²) in [4.78, 5) is 19.5. The number of rotatable bonds is 4. The second kappa shape index (κ2) is 8.34. The van der Waals surface area contributed by atoms with E-state index in [-0.39, 0.29) is 17.6 Å². The van der Waals surface area contributed by atoms with Crippen molar-refractivity contribution in [3.8, 4) is 0 Å². The number of pyridine rings is 1. The summed E-state index contributed by atoms with van der Waals surface area (Å²) < 4.78 is 14.0. The summed E-state index contributed by atoms with van der Waals surface area (Å²) in [6.07, 6.45) is 2.44. The van der Waals surface area contributed by atoms with E-state index in [0.717, 1.165) is 36.3 Å². The van der Waals surface area contributed by atoms with Crippen LogP contribution in [0.4, 0.5) is 4.39 Å². The highest BCUT2D eigenvalue weighted by atomic mass is 19.1. The van der Waals surface area contributed by atoms with Gasteiger partial charge in [0.2, 0.25) is 0 Å². The fourth-order valence-corrected chi connectivity index (χ4v) is 3.83. The molecule has 2 heterocycles. The molecule has 1 aliphatic heterocycles. The largest absolute Gasteiger partial charge is 0.338 e. The second-order valence-electron chi connectivity index (χ2n) is 7.28. The standard InChI is InChI=1S/C24H23FN2O/c25-22-13-5-4-10-19(22)16-21-12-6-14-23(26-21)20-11-7-15-27(17-20)24(28)18-8-2-1-3-9-18/h1-6,8-10,12-14,20H,7,11,15-17H2. The van der Waals surface area contributed by atoms with Gasteiger partial charge in [-0.25, -0.2) is 4.39 Å². The summed E-state index contributed by atoms with van der Waals surface area (Å²) >= 11 is 0. The normalized spacial score (nSPS) is 16.8. The summed E-state index contributed by atoms with van der Waals surface area (Å²) in [5, 5.41) is 0. The number of hydrogen-bond acceptors (Lipinski definition) is 2. The Morgan fingerprint density at radius 2 is 1.79 bits per heavy atom. The van der Waals surface area contributed by atoms with Gasteiger partial charge in [0, 0.05) is 42.4 Å². The maximum Gasteiger partial charge on any atom is 0.253 e. The summed E-state index contributed by atoms with van der Waals surface area (Å²) in [6.45, 7) is 1.45. The van der Waals surface area contributed by atoms with Gasteiger partial charge < -0.3 is 4.90 Å². The molecule has 1 aliphatic rings. The highest BCUT2D eigenvalue weighted by Crippen LogP contribution is 2.27. The van der Waals surface area contributed by atoms with Gasteiger partial charge in [-0.1, -0.05) is 42.5 Å². The van der Waals surface area contributed by atoms with Crippen LogP contribution in [-0.4, -0.2) is 28.9 Å². The first-order chi connectivity index (χ1) is 13.7. The number of nitrogens with zero attached hydrogens (tertiary/aromatic N) is 2. The molecule has 2 aromatic carbocycles. The maximum absolute atomic E-state index is 14.0. The van der Waals surface area contributed by atoms with Gasteiger partial charge in [-0.15, -0.1) is 0 Å². The smallest absolute Gasteiger partial charge is 0.253 e. The topological polar surface area (TPSA) is 33.2 Å². The van der Waals surface area contributed by atoms with Crippen molar-refractivity contribution in [3.63, 3.8) is 0 Å². The van der Waals surface area contributed by atoms with Gasteiger partial charge in [-0.3, -0.25) is 9.78 Å². The summed E-state index contributed by atoms with van der Waals surface area (Å²) in [6, 6.07) is 22.2. The van der Waals surface area contributed by atoms with Crippen LogP contribution < -0.4 is 0 Å². The van der Waals surface area contributed by atoms with Crippen molar-refractivity contribution in [2.45, 2.75) is 25.2 Å². The molecule has 0 N–H and O–H groups in total. The molecule has 0 radical (unpaired) electrons. The monoisotopic (exact) mass is 374 g/mol. The molecule has 0 spiro atoms. The van der Waals surface area contributed by atoms with Crippen molar-refractivity contribution >= 4 is 5.91 Å². The van der Waals surface area contributed by atoms with Gasteiger partial charge in [0.15, 0.2) is 0 Å². The fraction of sp³-hybridized carbons (Fsp3) is 0.250. The summed E-state index contributed by atoms with van der Waals surface area (Å²) in [5.74, 6) is 0.0850. The lowest BCUT2D eigenvalue weighted by Crippen LogP contribution is -2.39. The van der Waals surface area contributed by atoms with Gasteiger partial charge in [-0.05, 0) is 48.7 Å². The lowest BCUT2D eigenvalue weighted by Gasteiger charge is -2.32. The van der Waals surface area contributed by atoms with Crippen LogP contribution in [0.5, 0.6) is 0 Å². The molecule has 3 aromatic rings. The molecule has 1 fully saturated rings. The Kier molecular flexibility index (Phi) is 5.47. The molecule has 3 nitrogen and oxygen atoms in total. The van der Waals surface area contributed by atoms with Crippen LogP contribution in [-0.2, 0) is 6.42 Å². The van der Waals surface area contributed by atoms with E-state index in [2.05, 4.69) is 0 Å².